The Hall–Kier alpha value is -2.60. The summed E-state index contributed by atoms with van der Waals surface area (Å²) in [5.41, 5.74) is 0. The van der Waals surface area contributed by atoms with Crippen LogP contribution in [0.25, 0.3) is 0 Å². The van der Waals surface area contributed by atoms with Crippen LogP contribution < -0.4 is 0 Å². The van der Waals surface area contributed by atoms with Crippen LogP contribution in [-0.2, 0) is 28.5 Å². The lowest BCUT2D eigenvalue weighted by atomic mass is 9.96. The second kappa shape index (κ2) is 41.8. The number of unbranched alkanes of at least 4 members (excludes halogenated alkanes) is 10. The number of carbonyl (C=O) groups excluding carboxylic acids is 4. The first-order valence-electron chi connectivity index (χ1n) is 26.5. The predicted molar refractivity (Wildman–Crippen MR) is 264 cm³/mol. The molecule has 0 aromatic heterocycles. The van der Waals surface area contributed by atoms with Gasteiger partial charge in [-0.25, -0.2) is 9.59 Å². The molecule has 0 atom stereocenters. The van der Waals surface area contributed by atoms with Gasteiger partial charge in [0.05, 0.1) is 13.2 Å². The molecule has 12 nitrogen and oxygen atoms in total. The van der Waals surface area contributed by atoms with Gasteiger partial charge in [0.1, 0.15) is 13.2 Å². The normalized spacial score (nSPS) is 11.7. The molecule has 0 bridgehead atoms. The van der Waals surface area contributed by atoms with E-state index in [9.17, 15) is 19.2 Å². The number of esters is 2. The maximum absolute atomic E-state index is 13.3. The fourth-order valence-corrected chi connectivity index (χ4v) is 7.99. The molecule has 0 aromatic rings. The van der Waals surface area contributed by atoms with Crippen LogP contribution in [0.4, 0.5) is 9.59 Å². The largest absolute Gasteiger partial charge is 0.465 e. The van der Waals surface area contributed by atoms with Crippen LogP contribution in [0.1, 0.15) is 210 Å². The highest BCUT2D eigenvalue weighted by Crippen LogP contribution is 2.20. The van der Waals surface area contributed by atoms with Gasteiger partial charge in [-0.2, -0.15) is 0 Å². The third kappa shape index (κ3) is 33.0. The standard InChI is InChI=1S/C52H102N4O8/c1-11-17-21-29-47(30-22-18-12-2)43-63-49(57)33-25-27-35-55(45(7)8)51(59)61-41-39-54(38-37-53(15-5)16-6)40-42-62-52(60)56(46(9)10)36-28-26-34-50(58)64-44-48(31-23-19-13-3)32-24-20-14-4/h45-48H,11-44H2,1-10H3. The van der Waals surface area contributed by atoms with Crippen LogP contribution in [-0.4, -0.2) is 135 Å². The Morgan fingerprint density at radius 2 is 0.734 bits per heavy atom. The van der Waals surface area contributed by atoms with Gasteiger partial charge in [-0.1, -0.05) is 119 Å². The van der Waals surface area contributed by atoms with Crippen molar-refractivity contribution in [3.05, 3.63) is 0 Å². The molecule has 0 radical (unpaired) electrons. The molecular formula is C52H102N4O8. The minimum atomic E-state index is -0.357. The van der Waals surface area contributed by atoms with Crippen LogP contribution in [0.2, 0.25) is 0 Å². The summed E-state index contributed by atoms with van der Waals surface area (Å²) < 4.78 is 23.0. The number of likely N-dealkylation sites (N-methyl/N-ethyl adjacent to an activating group) is 1. The molecule has 0 aliphatic heterocycles. The Balaban J connectivity index is 4.96. The molecule has 0 heterocycles. The Morgan fingerprint density at radius 3 is 1.05 bits per heavy atom. The summed E-state index contributed by atoms with van der Waals surface area (Å²) in [7, 11) is 0. The molecule has 0 fully saturated rings. The van der Waals surface area contributed by atoms with Crippen LogP contribution in [0, 0.1) is 11.8 Å². The molecule has 0 rings (SSSR count). The van der Waals surface area contributed by atoms with E-state index in [1.165, 1.54) is 77.0 Å². The van der Waals surface area contributed by atoms with Gasteiger partial charge in [0.25, 0.3) is 0 Å². The van der Waals surface area contributed by atoms with Crippen molar-refractivity contribution < 1.29 is 38.1 Å². The van der Waals surface area contributed by atoms with Crippen molar-refractivity contribution in [2.75, 3.05) is 78.8 Å². The van der Waals surface area contributed by atoms with Crippen LogP contribution in [0.3, 0.4) is 0 Å². The number of ether oxygens (including phenoxy) is 4. The minimum Gasteiger partial charge on any atom is -0.465 e. The van der Waals surface area contributed by atoms with Crippen LogP contribution >= 0.6 is 0 Å². The van der Waals surface area contributed by atoms with E-state index in [2.05, 4.69) is 51.3 Å². The summed E-state index contributed by atoms with van der Waals surface area (Å²) in [5.74, 6) is 0.595. The lowest BCUT2D eigenvalue weighted by Crippen LogP contribution is -2.42. The van der Waals surface area contributed by atoms with E-state index >= 15 is 0 Å². The van der Waals surface area contributed by atoms with Gasteiger partial charge in [0.15, 0.2) is 0 Å². The van der Waals surface area contributed by atoms with E-state index in [1.807, 2.05) is 27.7 Å². The quantitative estimate of drug-likeness (QED) is 0.0332. The Morgan fingerprint density at radius 1 is 0.391 bits per heavy atom. The molecule has 2 amide bonds. The van der Waals surface area contributed by atoms with E-state index in [-0.39, 0.29) is 49.4 Å². The van der Waals surface area contributed by atoms with Crippen molar-refractivity contribution in [3.8, 4) is 0 Å². The SMILES string of the molecule is CCCCCC(CCCCC)COC(=O)CCCCN(C(=O)OCCN(CCOC(=O)N(CCCCC(=O)OCC(CCCCC)CCCCC)C(C)C)CCN(CC)CC)C(C)C. The van der Waals surface area contributed by atoms with Gasteiger partial charge >= 0.3 is 24.1 Å². The number of rotatable bonds is 43. The van der Waals surface area contributed by atoms with Crippen molar-refractivity contribution in [2.24, 2.45) is 11.8 Å². The molecule has 12 heteroatoms. The Labute approximate surface area is 393 Å². The third-order valence-electron chi connectivity index (χ3n) is 12.5. The summed E-state index contributed by atoms with van der Waals surface area (Å²) in [5, 5.41) is 0. The molecule has 0 saturated carbocycles. The fraction of sp³-hybridized carbons (Fsp3) is 0.923. The molecule has 378 valence electrons. The van der Waals surface area contributed by atoms with Gasteiger partial charge in [0, 0.05) is 64.2 Å². The Kier molecular flexibility index (Phi) is 40.1. The summed E-state index contributed by atoms with van der Waals surface area (Å²) in [6.07, 6.45) is 21.6. The highest BCUT2D eigenvalue weighted by atomic mass is 16.6. The topological polar surface area (TPSA) is 118 Å². The number of hydrogen-bond acceptors (Lipinski definition) is 10. The second-order valence-corrected chi connectivity index (χ2v) is 18.7. The monoisotopic (exact) mass is 911 g/mol. The van der Waals surface area contributed by atoms with E-state index in [1.54, 1.807) is 9.80 Å². The number of nitrogens with zero attached hydrogens (tertiary/aromatic N) is 4. The first-order chi connectivity index (χ1) is 30.9. The van der Waals surface area contributed by atoms with Crippen molar-refractivity contribution in [3.63, 3.8) is 0 Å². The summed E-state index contributed by atoms with van der Waals surface area (Å²) in [6.45, 7) is 28.1. The lowest BCUT2D eigenvalue weighted by molar-refractivity contribution is -0.146. The zero-order valence-electron chi connectivity index (χ0n) is 43.4. The van der Waals surface area contributed by atoms with E-state index in [0.29, 0.717) is 89.8 Å². The molecule has 0 aromatic carbocycles. The average Bonchev–Trinajstić information content (AvgIpc) is 3.26. The lowest BCUT2D eigenvalue weighted by Gasteiger charge is -2.29. The molecule has 0 saturated heterocycles. The highest BCUT2D eigenvalue weighted by molar-refractivity contribution is 5.70. The van der Waals surface area contributed by atoms with E-state index < -0.39 is 0 Å². The minimum absolute atomic E-state index is 0.0414. The fourth-order valence-electron chi connectivity index (χ4n) is 7.99. The zero-order chi connectivity index (χ0) is 47.8. The molecule has 0 aliphatic carbocycles. The number of amides is 2. The summed E-state index contributed by atoms with van der Waals surface area (Å²) >= 11 is 0. The molecule has 0 unspecified atom stereocenters. The maximum atomic E-state index is 13.3. The average molecular weight is 911 g/mol. The molecule has 0 aliphatic rings. The maximum Gasteiger partial charge on any atom is 0.410 e. The van der Waals surface area contributed by atoms with Gasteiger partial charge < -0.3 is 33.6 Å². The van der Waals surface area contributed by atoms with Gasteiger partial charge in [-0.3, -0.25) is 14.5 Å². The van der Waals surface area contributed by atoms with E-state index in [4.69, 9.17) is 18.9 Å². The zero-order valence-corrected chi connectivity index (χ0v) is 43.4. The summed E-state index contributed by atoms with van der Waals surface area (Å²) in [6, 6.07) is -0.0827. The third-order valence-corrected chi connectivity index (χ3v) is 12.5. The Bertz CT molecular complexity index is 1040. The van der Waals surface area contributed by atoms with Gasteiger partial charge in [-0.15, -0.1) is 0 Å². The van der Waals surface area contributed by atoms with Gasteiger partial charge in [0.2, 0.25) is 0 Å². The first-order valence-corrected chi connectivity index (χ1v) is 26.5. The van der Waals surface area contributed by atoms with Crippen molar-refractivity contribution in [1.82, 2.24) is 19.6 Å². The van der Waals surface area contributed by atoms with Crippen LogP contribution in [0.5, 0.6) is 0 Å². The van der Waals surface area contributed by atoms with Gasteiger partial charge in [-0.05, 0) is 104 Å². The second-order valence-electron chi connectivity index (χ2n) is 18.7. The number of carbonyl (C=O) groups is 4. The van der Waals surface area contributed by atoms with Crippen molar-refractivity contribution in [1.29, 1.82) is 0 Å². The smallest absolute Gasteiger partial charge is 0.410 e. The van der Waals surface area contributed by atoms with Crippen LogP contribution in [0.15, 0.2) is 0 Å². The number of hydrogen-bond donors (Lipinski definition) is 0. The predicted octanol–water partition coefficient (Wildman–Crippen LogP) is 12.3. The first kappa shape index (κ1) is 61.4. The molecule has 0 spiro atoms. The van der Waals surface area contributed by atoms with E-state index in [0.717, 1.165) is 51.9 Å². The summed E-state index contributed by atoms with van der Waals surface area (Å²) in [4.78, 5) is 59.8. The van der Waals surface area contributed by atoms with Crippen molar-refractivity contribution in [2.45, 2.75) is 223 Å². The highest BCUT2D eigenvalue weighted by Gasteiger charge is 2.22. The molecular weight excluding hydrogens is 809 g/mol. The molecule has 64 heavy (non-hydrogen) atoms. The molecule has 0 N–H and O–H groups in total. The van der Waals surface area contributed by atoms with Crippen molar-refractivity contribution >= 4 is 24.1 Å².